The molecule has 1 saturated carbocycles. The highest BCUT2D eigenvalue weighted by Gasteiger charge is 2.27. The Morgan fingerprint density at radius 1 is 1.21 bits per heavy atom. The highest BCUT2D eigenvalue weighted by atomic mass is 32.2. The van der Waals surface area contributed by atoms with E-state index in [9.17, 15) is 4.79 Å². The third-order valence-electron chi connectivity index (χ3n) is 3.82. The van der Waals surface area contributed by atoms with E-state index in [0.29, 0.717) is 5.92 Å². The molecule has 2 heterocycles. The summed E-state index contributed by atoms with van der Waals surface area (Å²) in [6.45, 7) is 0. The molecule has 1 aromatic carbocycles. The minimum Gasteiger partial charge on any atom is -0.306 e. The second-order valence-electron chi connectivity index (χ2n) is 5.19. The van der Waals surface area contributed by atoms with Gasteiger partial charge in [0.1, 0.15) is 5.82 Å². The van der Waals surface area contributed by atoms with Crippen molar-refractivity contribution >= 4 is 11.8 Å². The van der Waals surface area contributed by atoms with Crippen LogP contribution in [0.3, 0.4) is 0 Å². The molecule has 3 nitrogen and oxygen atoms in total. The summed E-state index contributed by atoms with van der Waals surface area (Å²) in [4.78, 5) is 19.7. The van der Waals surface area contributed by atoms with E-state index in [2.05, 4.69) is 28.2 Å². The molecule has 1 aromatic heterocycles. The van der Waals surface area contributed by atoms with Gasteiger partial charge in [-0.25, -0.2) is 4.98 Å². The van der Waals surface area contributed by atoms with Crippen molar-refractivity contribution in [1.29, 1.82) is 0 Å². The molecule has 0 unspecified atom stereocenters. The smallest absolute Gasteiger partial charge is 0.255 e. The first kappa shape index (κ1) is 11.3. The molecular formula is C15H14N2OS. The molecule has 2 aromatic rings. The number of benzene rings is 1. The number of hydrogen-bond acceptors (Lipinski definition) is 3. The van der Waals surface area contributed by atoms with Crippen LogP contribution in [0.5, 0.6) is 0 Å². The van der Waals surface area contributed by atoms with Gasteiger partial charge in [-0.2, -0.15) is 11.8 Å². The van der Waals surface area contributed by atoms with Gasteiger partial charge in [0, 0.05) is 22.6 Å². The first-order chi connectivity index (χ1) is 9.33. The molecule has 4 heteroatoms. The Kier molecular flexibility index (Phi) is 2.52. The summed E-state index contributed by atoms with van der Waals surface area (Å²) in [5.74, 6) is 3.05. The molecule has 0 atom stereocenters. The summed E-state index contributed by atoms with van der Waals surface area (Å²) in [5.41, 5.74) is 4.29. The summed E-state index contributed by atoms with van der Waals surface area (Å²) in [7, 11) is 0. The molecule has 96 valence electrons. The minimum absolute atomic E-state index is 0.0376. The summed E-state index contributed by atoms with van der Waals surface area (Å²) in [6, 6.07) is 8.32. The fraction of sp³-hybridized carbons (Fsp3) is 0.333. The van der Waals surface area contributed by atoms with Crippen LogP contribution in [0, 0.1) is 0 Å². The second kappa shape index (κ2) is 4.23. The number of thioether (sulfide) groups is 1. The van der Waals surface area contributed by atoms with Crippen LogP contribution in [-0.2, 0) is 11.5 Å². The average Bonchev–Trinajstić information content (AvgIpc) is 3.17. The molecule has 0 spiro atoms. The van der Waals surface area contributed by atoms with Crippen molar-refractivity contribution in [2.24, 2.45) is 0 Å². The van der Waals surface area contributed by atoms with Crippen molar-refractivity contribution in [1.82, 2.24) is 9.97 Å². The molecule has 1 aliphatic carbocycles. The van der Waals surface area contributed by atoms with E-state index in [1.807, 2.05) is 6.07 Å². The van der Waals surface area contributed by atoms with E-state index in [4.69, 9.17) is 0 Å². The largest absolute Gasteiger partial charge is 0.306 e. The van der Waals surface area contributed by atoms with Crippen LogP contribution in [0.15, 0.2) is 29.1 Å². The van der Waals surface area contributed by atoms with Gasteiger partial charge in [-0.15, -0.1) is 0 Å². The van der Waals surface area contributed by atoms with Gasteiger partial charge < -0.3 is 4.98 Å². The maximum absolute atomic E-state index is 12.1. The lowest BCUT2D eigenvalue weighted by atomic mass is 10.0. The van der Waals surface area contributed by atoms with Crippen molar-refractivity contribution in [2.75, 3.05) is 0 Å². The van der Waals surface area contributed by atoms with Gasteiger partial charge in [-0.05, 0) is 24.3 Å². The Hall–Kier alpha value is -1.55. The van der Waals surface area contributed by atoms with Crippen LogP contribution >= 0.6 is 11.8 Å². The molecule has 0 amide bonds. The zero-order valence-electron chi connectivity index (χ0n) is 10.5. The van der Waals surface area contributed by atoms with Crippen molar-refractivity contribution in [2.45, 2.75) is 30.3 Å². The summed E-state index contributed by atoms with van der Waals surface area (Å²) in [6.07, 6.45) is 2.50. The number of H-pyrrole nitrogens is 1. The van der Waals surface area contributed by atoms with Gasteiger partial charge in [0.05, 0.1) is 5.69 Å². The lowest BCUT2D eigenvalue weighted by molar-refractivity contribution is 1.02. The van der Waals surface area contributed by atoms with Crippen LogP contribution in [-0.4, -0.2) is 9.97 Å². The molecule has 0 bridgehead atoms. The quantitative estimate of drug-likeness (QED) is 0.912. The van der Waals surface area contributed by atoms with Gasteiger partial charge >= 0.3 is 0 Å². The van der Waals surface area contributed by atoms with E-state index >= 15 is 0 Å². The molecular weight excluding hydrogens is 256 g/mol. The molecule has 0 radical (unpaired) electrons. The SMILES string of the molecule is O=c1[nH]c(-c2ccccc2C2CC2)nc2c1CSC2. The van der Waals surface area contributed by atoms with Crippen molar-refractivity contribution in [3.05, 3.63) is 51.4 Å². The van der Waals surface area contributed by atoms with Gasteiger partial charge in [-0.3, -0.25) is 4.79 Å². The zero-order chi connectivity index (χ0) is 12.8. The number of rotatable bonds is 2. The van der Waals surface area contributed by atoms with Gasteiger partial charge in [0.25, 0.3) is 5.56 Å². The first-order valence-corrected chi connectivity index (χ1v) is 7.77. The number of aromatic nitrogens is 2. The molecule has 2 aliphatic rings. The van der Waals surface area contributed by atoms with Crippen molar-refractivity contribution in [3.8, 4) is 11.4 Å². The van der Waals surface area contributed by atoms with E-state index in [-0.39, 0.29) is 5.56 Å². The molecule has 4 rings (SSSR count). The summed E-state index contributed by atoms with van der Waals surface area (Å²) >= 11 is 1.76. The predicted octanol–water partition coefficient (Wildman–Crippen LogP) is 3.06. The Morgan fingerprint density at radius 3 is 2.89 bits per heavy atom. The zero-order valence-corrected chi connectivity index (χ0v) is 11.3. The lowest BCUT2D eigenvalue weighted by Crippen LogP contribution is -2.15. The van der Waals surface area contributed by atoms with Gasteiger partial charge in [0.15, 0.2) is 0 Å². The number of fused-ring (bicyclic) bond motifs is 1. The maximum atomic E-state index is 12.1. The Balaban J connectivity index is 1.89. The van der Waals surface area contributed by atoms with Crippen LogP contribution in [0.2, 0.25) is 0 Å². The minimum atomic E-state index is 0.0376. The molecule has 1 N–H and O–H groups in total. The van der Waals surface area contributed by atoms with Crippen LogP contribution in [0.4, 0.5) is 0 Å². The highest BCUT2D eigenvalue weighted by Crippen LogP contribution is 2.43. The number of nitrogens with zero attached hydrogens (tertiary/aromatic N) is 1. The van der Waals surface area contributed by atoms with Crippen LogP contribution in [0.25, 0.3) is 11.4 Å². The van der Waals surface area contributed by atoms with Crippen molar-refractivity contribution in [3.63, 3.8) is 0 Å². The molecule has 1 aliphatic heterocycles. The second-order valence-corrected chi connectivity index (χ2v) is 6.18. The number of nitrogens with one attached hydrogen (secondary N) is 1. The Labute approximate surface area is 115 Å². The number of hydrogen-bond donors (Lipinski definition) is 1. The summed E-state index contributed by atoms with van der Waals surface area (Å²) in [5, 5.41) is 0. The normalized spacial score (nSPS) is 17.5. The molecule has 1 fully saturated rings. The molecule has 0 saturated heterocycles. The lowest BCUT2D eigenvalue weighted by Gasteiger charge is -2.09. The third kappa shape index (κ3) is 1.91. The monoisotopic (exact) mass is 270 g/mol. The van der Waals surface area contributed by atoms with Gasteiger partial charge in [-0.1, -0.05) is 24.3 Å². The van der Waals surface area contributed by atoms with E-state index in [1.54, 1.807) is 11.8 Å². The highest BCUT2D eigenvalue weighted by molar-refractivity contribution is 7.98. The Morgan fingerprint density at radius 2 is 2.05 bits per heavy atom. The average molecular weight is 270 g/mol. The molecule has 19 heavy (non-hydrogen) atoms. The van der Waals surface area contributed by atoms with Crippen LogP contribution in [0.1, 0.15) is 35.6 Å². The van der Waals surface area contributed by atoms with E-state index in [0.717, 1.165) is 34.2 Å². The Bertz CT molecular complexity index is 704. The van der Waals surface area contributed by atoms with E-state index in [1.165, 1.54) is 18.4 Å². The summed E-state index contributed by atoms with van der Waals surface area (Å²) < 4.78 is 0. The standard InChI is InChI=1S/C15H14N2OS/c18-15-12-7-19-8-13(12)16-14(17-15)11-4-2-1-3-10(11)9-5-6-9/h1-4,9H,5-8H2,(H,16,17,18). The predicted molar refractivity (Wildman–Crippen MR) is 77.3 cm³/mol. The first-order valence-electron chi connectivity index (χ1n) is 6.62. The van der Waals surface area contributed by atoms with Crippen molar-refractivity contribution < 1.29 is 0 Å². The topological polar surface area (TPSA) is 45.8 Å². The fourth-order valence-corrected chi connectivity index (χ4v) is 3.69. The van der Waals surface area contributed by atoms with Gasteiger partial charge in [0.2, 0.25) is 0 Å². The fourth-order valence-electron chi connectivity index (χ4n) is 2.65. The van der Waals surface area contributed by atoms with Crippen LogP contribution < -0.4 is 5.56 Å². The third-order valence-corrected chi connectivity index (χ3v) is 4.79. The van der Waals surface area contributed by atoms with E-state index < -0.39 is 0 Å². The number of aromatic amines is 1. The maximum Gasteiger partial charge on any atom is 0.255 e.